The molecule has 1 rings (SSSR count). The predicted molar refractivity (Wildman–Crippen MR) is 72.3 cm³/mol. The van der Waals surface area contributed by atoms with E-state index in [-0.39, 0.29) is 0 Å². The van der Waals surface area contributed by atoms with Crippen molar-refractivity contribution in [2.24, 2.45) is 0 Å². The molecule has 4 heteroatoms. The number of rotatable bonds is 7. The minimum Gasteiger partial charge on any atom is -0.493 e. The van der Waals surface area contributed by atoms with Gasteiger partial charge >= 0.3 is 0 Å². The average Bonchev–Trinajstić information content (AvgIpc) is 2.34. The average molecular weight is 253 g/mol. The lowest BCUT2D eigenvalue weighted by atomic mass is 10.1. The van der Waals surface area contributed by atoms with Crippen LogP contribution in [0.4, 0.5) is 0 Å². The summed E-state index contributed by atoms with van der Waals surface area (Å²) < 4.78 is 10.9. The van der Waals surface area contributed by atoms with Gasteiger partial charge < -0.3 is 19.5 Å². The van der Waals surface area contributed by atoms with Crippen LogP contribution in [0.25, 0.3) is 0 Å². The highest BCUT2D eigenvalue weighted by molar-refractivity contribution is 5.43. The Labute approximate surface area is 109 Å². The van der Waals surface area contributed by atoms with Crippen molar-refractivity contribution >= 4 is 0 Å². The van der Waals surface area contributed by atoms with Gasteiger partial charge in [-0.15, -0.1) is 0 Å². The van der Waals surface area contributed by atoms with Crippen molar-refractivity contribution in [2.45, 2.75) is 19.4 Å². The van der Waals surface area contributed by atoms with Crippen molar-refractivity contribution in [2.75, 3.05) is 34.4 Å². The van der Waals surface area contributed by atoms with E-state index in [1.54, 1.807) is 14.0 Å². The molecule has 4 nitrogen and oxygen atoms in total. The molecule has 1 N–H and O–H groups in total. The fourth-order valence-electron chi connectivity index (χ4n) is 1.63. The number of ether oxygens (including phenoxy) is 2. The summed E-state index contributed by atoms with van der Waals surface area (Å²) in [6.45, 7) is 3.38. The molecule has 1 atom stereocenters. The molecule has 0 amide bonds. The lowest BCUT2D eigenvalue weighted by molar-refractivity contribution is 0.198. The first-order valence-electron chi connectivity index (χ1n) is 6.18. The second kappa shape index (κ2) is 7.24. The Bertz CT molecular complexity index is 364. The molecule has 1 aromatic rings. The van der Waals surface area contributed by atoms with Crippen LogP contribution in [0.15, 0.2) is 18.2 Å². The Hall–Kier alpha value is -1.26. The maximum Gasteiger partial charge on any atom is 0.161 e. The van der Waals surface area contributed by atoms with Gasteiger partial charge in [0.05, 0.1) is 19.8 Å². The minimum atomic E-state index is -0.498. The first kappa shape index (κ1) is 14.8. The topological polar surface area (TPSA) is 41.9 Å². The van der Waals surface area contributed by atoms with E-state index < -0.39 is 6.10 Å². The van der Waals surface area contributed by atoms with Crippen molar-refractivity contribution in [3.63, 3.8) is 0 Å². The van der Waals surface area contributed by atoms with Gasteiger partial charge in [0.25, 0.3) is 0 Å². The maximum absolute atomic E-state index is 9.51. The van der Waals surface area contributed by atoms with E-state index in [1.165, 1.54) is 0 Å². The van der Waals surface area contributed by atoms with Crippen molar-refractivity contribution in [1.29, 1.82) is 0 Å². The van der Waals surface area contributed by atoms with Gasteiger partial charge in [-0.25, -0.2) is 0 Å². The molecule has 0 aliphatic heterocycles. The molecule has 0 aliphatic carbocycles. The van der Waals surface area contributed by atoms with Gasteiger partial charge in [0.1, 0.15) is 0 Å². The number of aliphatic hydroxyl groups is 1. The SMILES string of the molecule is COc1cc([C@@H](C)O)ccc1OCCCN(C)C. The van der Waals surface area contributed by atoms with Crippen LogP contribution in [-0.2, 0) is 0 Å². The molecule has 0 saturated carbocycles. The summed E-state index contributed by atoms with van der Waals surface area (Å²) in [6, 6.07) is 5.51. The zero-order valence-corrected chi connectivity index (χ0v) is 11.6. The Morgan fingerprint density at radius 3 is 2.56 bits per heavy atom. The summed E-state index contributed by atoms with van der Waals surface area (Å²) in [5.41, 5.74) is 0.826. The first-order valence-corrected chi connectivity index (χ1v) is 6.18. The Balaban J connectivity index is 2.59. The molecular weight excluding hydrogens is 230 g/mol. The smallest absolute Gasteiger partial charge is 0.161 e. The van der Waals surface area contributed by atoms with Crippen LogP contribution in [0.5, 0.6) is 11.5 Å². The van der Waals surface area contributed by atoms with E-state index in [0.717, 1.165) is 24.3 Å². The van der Waals surface area contributed by atoms with Gasteiger partial charge in [0, 0.05) is 6.54 Å². The van der Waals surface area contributed by atoms with Crippen LogP contribution in [0.2, 0.25) is 0 Å². The molecule has 0 saturated heterocycles. The van der Waals surface area contributed by atoms with E-state index in [4.69, 9.17) is 9.47 Å². The maximum atomic E-state index is 9.51. The van der Waals surface area contributed by atoms with Crippen molar-refractivity contribution < 1.29 is 14.6 Å². The number of hydrogen-bond acceptors (Lipinski definition) is 4. The van der Waals surface area contributed by atoms with Crippen molar-refractivity contribution in [3.8, 4) is 11.5 Å². The molecule has 0 aliphatic rings. The van der Waals surface area contributed by atoms with Crippen LogP contribution < -0.4 is 9.47 Å². The number of benzene rings is 1. The third kappa shape index (κ3) is 4.55. The van der Waals surface area contributed by atoms with Crippen molar-refractivity contribution in [1.82, 2.24) is 4.90 Å². The van der Waals surface area contributed by atoms with E-state index in [1.807, 2.05) is 32.3 Å². The Kier molecular flexibility index (Phi) is 5.95. The Morgan fingerprint density at radius 2 is 2.00 bits per heavy atom. The second-order valence-corrected chi connectivity index (χ2v) is 4.59. The van der Waals surface area contributed by atoms with Crippen LogP contribution in [0, 0.1) is 0 Å². The molecular formula is C14H23NO3. The highest BCUT2D eigenvalue weighted by Crippen LogP contribution is 2.30. The lowest BCUT2D eigenvalue weighted by Gasteiger charge is -2.14. The summed E-state index contributed by atoms with van der Waals surface area (Å²) >= 11 is 0. The van der Waals surface area contributed by atoms with Crippen LogP contribution in [0.1, 0.15) is 25.0 Å². The predicted octanol–water partition coefficient (Wildman–Crippen LogP) is 2.08. The van der Waals surface area contributed by atoms with Crippen molar-refractivity contribution in [3.05, 3.63) is 23.8 Å². The van der Waals surface area contributed by atoms with Gasteiger partial charge in [-0.2, -0.15) is 0 Å². The molecule has 0 spiro atoms. The van der Waals surface area contributed by atoms with E-state index in [9.17, 15) is 5.11 Å². The number of hydrogen-bond donors (Lipinski definition) is 1. The number of aliphatic hydroxyl groups excluding tert-OH is 1. The highest BCUT2D eigenvalue weighted by atomic mass is 16.5. The monoisotopic (exact) mass is 253 g/mol. The molecule has 0 aromatic heterocycles. The second-order valence-electron chi connectivity index (χ2n) is 4.59. The molecule has 0 bridgehead atoms. The summed E-state index contributed by atoms with van der Waals surface area (Å²) in [7, 11) is 5.68. The highest BCUT2D eigenvalue weighted by Gasteiger charge is 2.08. The number of nitrogens with zero attached hydrogens (tertiary/aromatic N) is 1. The van der Waals surface area contributed by atoms with E-state index in [2.05, 4.69) is 4.90 Å². The zero-order valence-electron chi connectivity index (χ0n) is 11.6. The minimum absolute atomic E-state index is 0.498. The van der Waals surface area contributed by atoms with Gasteiger partial charge in [0.15, 0.2) is 11.5 Å². The van der Waals surface area contributed by atoms with Crippen LogP contribution in [-0.4, -0.2) is 44.4 Å². The first-order chi connectivity index (χ1) is 8.54. The standard InChI is InChI=1S/C14H23NO3/c1-11(16)12-6-7-13(14(10-12)17-4)18-9-5-8-15(2)3/h6-7,10-11,16H,5,8-9H2,1-4H3/t11-/m1/s1. The summed E-state index contributed by atoms with van der Waals surface area (Å²) in [4.78, 5) is 2.12. The van der Waals surface area contributed by atoms with Crippen LogP contribution in [0.3, 0.4) is 0 Å². The van der Waals surface area contributed by atoms with Gasteiger partial charge in [-0.3, -0.25) is 0 Å². The summed E-state index contributed by atoms with van der Waals surface area (Å²) in [5.74, 6) is 1.39. The van der Waals surface area contributed by atoms with E-state index >= 15 is 0 Å². The molecule has 0 radical (unpaired) electrons. The fraction of sp³-hybridized carbons (Fsp3) is 0.571. The van der Waals surface area contributed by atoms with Gasteiger partial charge in [-0.05, 0) is 45.1 Å². The normalized spacial score (nSPS) is 12.6. The third-order valence-corrected chi connectivity index (χ3v) is 2.68. The molecule has 18 heavy (non-hydrogen) atoms. The Morgan fingerprint density at radius 1 is 1.28 bits per heavy atom. The quantitative estimate of drug-likeness (QED) is 0.755. The molecule has 0 unspecified atom stereocenters. The molecule has 1 aromatic carbocycles. The zero-order chi connectivity index (χ0) is 13.5. The third-order valence-electron chi connectivity index (χ3n) is 2.68. The van der Waals surface area contributed by atoms with Gasteiger partial charge in [-0.1, -0.05) is 6.07 Å². The summed E-state index contributed by atoms with van der Waals surface area (Å²) in [6.07, 6.45) is 0.468. The molecule has 102 valence electrons. The molecule has 0 heterocycles. The largest absolute Gasteiger partial charge is 0.493 e. The van der Waals surface area contributed by atoms with Crippen LogP contribution >= 0.6 is 0 Å². The summed E-state index contributed by atoms with van der Waals surface area (Å²) in [5, 5.41) is 9.51. The molecule has 0 fully saturated rings. The van der Waals surface area contributed by atoms with Gasteiger partial charge in [0.2, 0.25) is 0 Å². The number of methoxy groups -OCH3 is 1. The lowest BCUT2D eigenvalue weighted by Crippen LogP contribution is -2.15. The fourth-order valence-corrected chi connectivity index (χ4v) is 1.63. The van der Waals surface area contributed by atoms with E-state index in [0.29, 0.717) is 12.4 Å².